The van der Waals surface area contributed by atoms with Crippen LogP contribution in [0, 0.1) is 0 Å². The molecule has 0 radical (unpaired) electrons. The van der Waals surface area contributed by atoms with Gasteiger partial charge in [-0.3, -0.25) is 4.79 Å². The highest BCUT2D eigenvalue weighted by Gasteiger charge is 2.15. The van der Waals surface area contributed by atoms with Crippen LogP contribution in [0.15, 0.2) is 65.4 Å². The van der Waals surface area contributed by atoms with Crippen molar-refractivity contribution in [2.45, 2.75) is 0 Å². The SMILES string of the molecule is COCCOc1ccc(NC(=O)c2cccnc2Oc2ccc(Br)cc2)cn1. The summed E-state index contributed by atoms with van der Waals surface area (Å²) in [6.45, 7) is 0.879. The van der Waals surface area contributed by atoms with Crippen LogP contribution < -0.4 is 14.8 Å². The molecule has 2 heterocycles. The predicted octanol–water partition coefficient (Wildman–Crippen LogP) is 4.31. The Morgan fingerprint density at radius 3 is 2.61 bits per heavy atom. The Kier molecular flexibility index (Phi) is 6.94. The first-order valence-electron chi connectivity index (χ1n) is 8.43. The van der Waals surface area contributed by atoms with Gasteiger partial charge in [-0.1, -0.05) is 15.9 Å². The zero-order valence-electron chi connectivity index (χ0n) is 15.1. The third kappa shape index (κ3) is 5.51. The van der Waals surface area contributed by atoms with Crippen molar-refractivity contribution in [1.29, 1.82) is 0 Å². The van der Waals surface area contributed by atoms with E-state index in [0.717, 1.165) is 4.47 Å². The molecule has 0 saturated carbocycles. The molecule has 28 heavy (non-hydrogen) atoms. The molecule has 144 valence electrons. The van der Waals surface area contributed by atoms with Gasteiger partial charge in [0.2, 0.25) is 11.8 Å². The van der Waals surface area contributed by atoms with E-state index in [4.69, 9.17) is 14.2 Å². The number of benzene rings is 1. The summed E-state index contributed by atoms with van der Waals surface area (Å²) in [5.41, 5.74) is 0.841. The lowest BCUT2D eigenvalue weighted by Crippen LogP contribution is -2.14. The van der Waals surface area contributed by atoms with Crippen molar-refractivity contribution in [3.8, 4) is 17.5 Å². The number of aromatic nitrogens is 2. The van der Waals surface area contributed by atoms with Gasteiger partial charge in [-0.2, -0.15) is 0 Å². The maximum Gasteiger partial charge on any atom is 0.261 e. The van der Waals surface area contributed by atoms with Crippen LogP contribution in [0.3, 0.4) is 0 Å². The molecule has 0 aliphatic carbocycles. The van der Waals surface area contributed by atoms with Crippen molar-refractivity contribution in [3.63, 3.8) is 0 Å². The summed E-state index contributed by atoms with van der Waals surface area (Å²) in [4.78, 5) is 21.0. The average Bonchev–Trinajstić information content (AvgIpc) is 2.71. The first kappa shape index (κ1) is 19.8. The standard InChI is InChI=1S/C20H18BrN3O4/c1-26-11-12-27-18-9-6-15(13-23-18)24-19(25)17-3-2-10-22-20(17)28-16-7-4-14(21)5-8-16/h2-10,13H,11-12H2,1H3,(H,24,25). The van der Waals surface area contributed by atoms with Gasteiger partial charge in [-0.05, 0) is 42.5 Å². The van der Waals surface area contributed by atoms with Crippen LogP contribution in [0.25, 0.3) is 0 Å². The minimum atomic E-state index is -0.352. The second-order valence-corrected chi connectivity index (χ2v) is 6.51. The molecule has 0 fully saturated rings. The smallest absolute Gasteiger partial charge is 0.261 e. The zero-order valence-corrected chi connectivity index (χ0v) is 16.7. The molecule has 7 nitrogen and oxygen atoms in total. The summed E-state index contributed by atoms with van der Waals surface area (Å²) in [5, 5.41) is 2.78. The fourth-order valence-electron chi connectivity index (χ4n) is 2.23. The van der Waals surface area contributed by atoms with Gasteiger partial charge in [0.15, 0.2) is 0 Å². The number of nitrogens with one attached hydrogen (secondary N) is 1. The molecular weight excluding hydrogens is 426 g/mol. The molecule has 0 unspecified atom stereocenters. The molecule has 0 spiro atoms. The number of carbonyl (C=O) groups excluding carboxylic acids is 1. The van der Waals surface area contributed by atoms with Crippen LogP contribution >= 0.6 is 15.9 Å². The summed E-state index contributed by atoms with van der Waals surface area (Å²) in [5.74, 6) is 0.899. The van der Waals surface area contributed by atoms with Gasteiger partial charge >= 0.3 is 0 Å². The Labute approximate surface area is 170 Å². The van der Waals surface area contributed by atoms with Crippen LogP contribution in [0.5, 0.6) is 17.5 Å². The van der Waals surface area contributed by atoms with Crippen molar-refractivity contribution >= 4 is 27.5 Å². The first-order valence-corrected chi connectivity index (χ1v) is 9.22. The molecule has 1 N–H and O–H groups in total. The summed E-state index contributed by atoms with van der Waals surface area (Å²) in [7, 11) is 1.60. The number of hydrogen-bond acceptors (Lipinski definition) is 6. The zero-order chi connectivity index (χ0) is 19.8. The molecule has 1 aromatic carbocycles. The Morgan fingerprint density at radius 2 is 1.89 bits per heavy atom. The monoisotopic (exact) mass is 443 g/mol. The van der Waals surface area contributed by atoms with Gasteiger partial charge in [0, 0.05) is 23.8 Å². The fourth-order valence-corrected chi connectivity index (χ4v) is 2.49. The van der Waals surface area contributed by atoms with Crippen LogP contribution in [-0.4, -0.2) is 36.2 Å². The van der Waals surface area contributed by atoms with Crippen LogP contribution in [0.1, 0.15) is 10.4 Å². The lowest BCUT2D eigenvalue weighted by Gasteiger charge is -2.11. The maximum absolute atomic E-state index is 12.7. The molecule has 8 heteroatoms. The molecule has 0 bridgehead atoms. The molecule has 3 rings (SSSR count). The number of pyridine rings is 2. The minimum Gasteiger partial charge on any atom is -0.475 e. The molecule has 3 aromatic rings. The number of rotatable bonds is 8. The maximum atomic E-state index is 12.7. The van der Waals surface area contributed by atoms with Crippen LogP contribution in [-0.2, 0) is 4.74 Å². The molecule has 0 atom stereocenters. The van der Waals surface area contributed by atoms with E-state index >= 15 is 0 Å². The summed E-state index contributed by atoms with van der Waals surface area (Å²) in [6, 6.07) is 14.0. The van der Waals surface area contributed by atoms with Crippen molar-refractivity contribution in [2.75, 3.05) is 25.6 Å². The lowest BCUT2D eigenvalue weighted by molar-refractivity contribution is 0.102. The van der Waals surface area contributed by atoms with E-state index in [0.29, 0.717) is 36.1 Å². The molecule has 0 aliphatic heterocycles. The highest BCUT2D eigenvalue weighted by molar-refractivity contribution is 9.10. The average molecular weight is 444 g/mol. The Morgan fingerprint density at radius 1 is 1.07 bits per heavy atom. The van der Waals surface area contributed by atoms with Gasteiger partial charge in [0.1, 0.15) is 17.9 Å². The largest absolute Gasteiger partial charge is 0.475 e. The highest BCUT2D eigenvalue weighted by Crippen LogP contribution is 2.25. The molecule has 1 amide bonds. The molecule has 0 aliphatic rings. The Balaban J connectivity index is 1.68. The summed E-state index contributed by atoms with van der Waals surface area (Å²) < 4.78 is 17.0. The van der Waals surface area contributed by atoms with Crippen LogP contribution in [0.2, 0.25) is 0 Å². The van der Waals surface area contributed by atoms with Gasteiger partial charge in [-0.25, -0.2) is 9.97 Å². The predicted molar refractivity (Wildman–Crippen MR) is 108 cm³/mol. The van der Waals surface area contributed by atoms with Crippen molar-refractivity contribution in [2.24, 2.45) is 0 Å². The highest BCUT2D eigenvalue weighted by atomic mass is 79.9. The quantitative estimate of drug-likeness (QED) is 0.522. The molecule has 2 aromatic heterocycles. The minimum absolute atomic E-state index is 0.217. The van der Waals surface area contributed by atoms with Crippen molar-refractivity contribution < 1.29 is 19.0 Å². The number of nitrogens with zero attached hydrogens (tertiary/aromatic N) is 2. The van der Waals surface area contributed by atoms with E-state index in [-0.39, 0.29) is 11.8 Å². The number of ether oxygens (including phenoxy) is 3. The van der Waals surface area contributed by atoms with Gasteiger partial charge in [0.25, 0.3) is 5.91 Å². The van der Waals surface area contributed by atoms with E-state index < -0.39 is 0 Å². The van der Waals surface area contributed by atoms with E-state index in [1.54, 1.807) is 49.7 Å². The van der Waals surface area contributed by atoms with E-state index in [1.165, 1.54) is 6.20 Å². The van der Waals surface area contributed by atoms with Crippen LogP contribution in [0.4, 0.5) is 5.69 Å². The van der Waals surface area contributed by atoms with Crippen molar-refractivity contribution in [1.82, 2.24) is 9.97 Å². The molecular formula is C20H18BrN3O4. The van der Waals surface area contributed by atoms with Gasteiger partial charge in [0.05, 0.1) is 18.5 Å². The number of amides is 1. The second-order valence-electron chi connectivity index (χ2n) is 5.59. The third-order valence-corrected chi connectivity index (χ3v) is 4.10. The third-order valence-electron chi connectivity index (χ3n) is 3.58. The summed E-state index contributed by atoms with van der Waals surface area (Å²) in [6.07, 6.45) is 3.09. The second kappa shape index (κ2) is 9.82. The number of hydrogen-bond donors (Lipinski definition) is 1. The Bertz CT molecular complexity index is 917. The number of methoxy groups -OCH3 is 1. The normalized spacial score (nSPS) is 10.4. The topological polar surface area (TPSA) is 82.6 Å². The summed E-state index contributed by atoms with van der Waals surface area (Å²) >= 11 is 3.37. The molecule has 0 saturated heterocycles. The fraction of sp³-hybridized carbons (Fsp3) is 0.150. The number of carbonyl (C=O) groups is 1. The Hall–Kier alpha value is -2.97. The lowest BCUT2D eigenvalue weighted by atomic mass is 10.2. The first-order chi connectivity index (χ1) is 13.7. The van der Waals surface area contributed by atoms with Crippen molar-refractivity contribution in [3.05, 3.63) is 71.0 Å². The van der Waals surface area contributed by atoms with E-state index in [2.05, 4.69) is 31.2 Å². The van der Waals surface area contributed by atoms with E-state index in [1.807, 2.05) is 12.1 Å². The van der Waals surface area contributed by atoms with Gasteiger partial charge < -0.3 is 19.5 Å². The number of anilines is 1. The van der Waals surface area contributed by atoms with E-state index in [9.17, 15) is 4.79 Å². The number of halogens is 1. The van der Waals surface area contributed by atoms with Gasteiger partial charge in [-0.15, -0.1) is 0 Å².